The van der Waals surface area contributed by atoms with E-state index >= 15 is 0 Å². The highest BCUT2D eigenvalue weighted by Gasteiger charge is 2.63. The van der Waals surface area contributed by atoms with Crippen LogP contribution in [0.15, 0.2) is 102 Å². The number of carbonyl (C=O) groups is 1. The summed E-state index contributed by atoms with van der Waals surface area (Å²) in [5.41, 5.74) is 2.09. The molecule has 3 nitrogen and oxygen atoms in total. The molecule has 0 heterocycles. The van der Waals surface area contributed by atoms with E-state index in [1.54, 1.807) is 0 Å². The van der Waals surface area contributed by atoms with Gasteiger partial charge in [-0.25, -0.2) is 0 Å². The zero-order valence-corrected chi connectivity index (χ0v) is 27.0. The van der Waals surface area contributed by atoms with Gasteiger partial charge in [-0.2, -0.15) is 0 Å². The molecule has 7 atom stereocenters. The van der Waals surface area contributed by atoms with Gasteiger partial charge in [0.25, 0.3) is 8.32 Å². The zero-order valence-electron chi connectivity index (χ0n) is 26.0. The van der Waals surface area contributed by atoms with E-state index in [0.29, 0.717) is 30.0 Å². The predicted molar refractivity (Wildman–Crippen MR) is 176 cm³/mol. The minimum absolute atomic E-state index is 0.0817. The molecular weight excluding hydrogens is 545 g/mol. The highest BCUT2D eigenvalue weighted by atomic mass is 28.4. The van der Waals surface area contributed by atoms with Gasteiger partial charge in [-0.3, -0.25) is 4.79 Å². The van der Waals surface area contributed by atoms with Crippen molar-refractivity contribution < 1.29 is 14.3 Å². The number of aliphatic hydroxyl groups excluding tert-OH is 1. The van der Waals surface area contributed by atoms with Crippen molar-refractivity contribution in [2.24, 2.45) is 34.5 Å². The van der Waals surface area contributed by atoms with E-state index in [1.165, 1.54) is 27.6 Å². The van der Waals surface area contributed by atoms with Gasteiger partial charge in [0.05, 0.1) is 12.7 Å². The fraction of sp³-hybridized carbons (Fsp3) is 0.462. The number of rotatable bonds is 6. The molecule has 0 amide bonds. The number of benzene rings is 3. The summed E-state index contributed by atoms with van der Waals surface area (Å²) >= 11 is 0. The molecule has 4 aliphatic carbocycles. The highest BCUT2D eigenvalue weighted by molar-refractivity contribution is 7.07. The Morgan fingerprint density at radius 2 is 1.37 bits per heavy atom. The van der Waals surface area contributed by atoms with Crippen molar-refractivity contribution >= 4 is 29.7 Å². The van der Waals surface area contributed by atoms with Gasteiger partial charge in [0.1, 0.15) is 0 Å². The maximum absolute atomic E-state index is 12.9. The van der Waals surface area contributed by atoms with Crippen LogP contribution in [0.5, 0.6) is 0 Å². The largest absolute Gasteiger partial charge is 0.401 e. The van der Waals surface area contributed by atoms with Gasteiger partial charge < -0.3 is 9.53 Å². The lowest BCUT2D eigenvalue weighted by atomic mass is 9.44. The van der Waals surface area contributed by atoms with Crippen LogP contribution in [0.4, 0.5) is 0 Å². The van der Waals surface area contributed by atoms with E-state index in [4.69, 9.17) is 4.43 Å². The smallest absolute Gasteiger partial charge is 0.288 e. The highest BCUT2D eigenvalue weighted by Crippen LogP contribution is 2.67. The minimum atomic E-state index is -2.82. The Hall–Kier alpha value is -2.79. The molecule has 0 unspecified atom stereocenters. The summed E-state index contributed by atoms with van der Waals surface area (Å²) in [7, 11) is -2.82. The molecule has 1 N–H and O–H groups in total. The summed E-state index contributed by atoms with van der Waals surface area (Å²) in [6.45, 7) is 6.96. The first-order chi connectivity index (χ1) is 20.9. The summed E-state index contributed by atoms with van der Waals surface area (Å²) in [6.07, 6.45) is 7.30. The van der Waals surface area contributed by atoms with E-state index in [-0.39, 0.29) is 29.5 Å². The van der Waals surface area contributed by atoms with Gasteiger partial charge in [0, 0.05) is 11.8 Å². The monoisotopic (exact) mass is 590 g/mol. The molecule has 7 rings (SSSR count). The molecule has 0 aromatic heterocycles. The van der Waals surface area contributed by atoms with Crippen molar-refractivity contribution in [1.82, 2.24) is 0 Å². The van der Waals surface area contributed by atoms with E-state index in [9.17, 15) is 9.90 Å². The third-order valence-corrected chi connectivity index (χ3v) is 16.7. The second kappa shape index (κ2) is 11.0. The average Bonchev–Trinajstić information content (AvgIpc) is 3.39. The molecule has 3 fully saturated rings. The van der Waals surface area contributed by atoms with Gasteiger partial charge in [0.15, 0.2) is 5.78 Å². The molecule has 0 radical (unpaired) electrons. The van der Waals surface area contributed by atoms with Gasteiger partial charge in [0.2, 0.25) is 0 Å². The van der Waals surface area contributed by atoms with Gasteiger partial charge in [-0.1, -0.05) is 110 Å². The normalized spacial score (nSPS) is 34.0. The van der Waals surface area contributed by atoms with Gasteiger partial charge in [-0.15, -0.1) is 0 Å². The number of hydrogen-bond acceptors (Lipinski definition) is 3. The Kier molecular flexibility index (Phi) is 7.39. The third kappa shape index (κ3) is 4.24. The number of aliphatic hydroxyl groups is 1. The van der Waals surface area contributed by atoms with Crippen LogP contribution in [-0.2, 0) is 9.22 Å². The number of carbonyl (C=O) groups excluding carboxylic acids is 1. The van der Waals surface area contributed by atoms with Crippen LogP contribution in [-0.4, -0.2) is 31.9 Å². The molecule has 0 spiro atoms. The summed E-state index contributed by atoms with van der Waals surface area (Å²) < 4.78 is 7.86. The quantitative estimate of drug-likeness (QED) is 0.276. The Balaban J connectivity index is 1.29. The number of hydrogen-bond donors (Lipinski definition) is 1. The number of ketones is 1. The molecule has 4 heteroatoms. The van der Waals surface area contributed by atoms with E-state index in [2.05, 4.69) is 105 Å². The Morgan fingerprint density at radius 1 is 0.814 bits per heavy atom. The fourth-order valence-corrected chi connectivity index (χ4v) is 14.7. The molecule has 0 saturated heterocycles. The molecule has 43 heavy (non-hydrogen) atoms. The third-order valence-electron chi connectivity index (χ3n) is 12.7. The first-order valence-corrected chi connectivity index (χ1v) is 18.5. The van der Waals surface area contributed by atoms with Crippen molar-refractivity contribution in [1.29, 1.82) is 0 Å². The SMILES string of the molecule is CC1=C2CC[C@H]3[C@@H]4CC[C@H](O[Si](c5ccccc5)(c5ccccc5)c5ccccc5)[C@@]4(C)CC[C@@H]3[C@@]2(CO)[C@@H](C)CC1=O. The van der Waals surface area contributed by atoms with Crippen LogP contribution >= 0.6 is 0 Å². The van der Waals surface area contributed by atoms with E-state index in [0.717, 1.165) is 37.7 Å². The van der Waals surface area contributed by atoms with Crippen LogP contribution in [0.3, 0.4) is 0 Å². The molecule has 3 aromatic carbocycles. The van der Waals surface area contributed by atoms with Crippen LogP contribution in [0, 0.1) is 34.5 Å². The maximum atomic E-state index is 12.9. The lowest BCUT2D eigenvalue weighted by Gasteiger charge is -2.61. The number of Topliss-reactive ketones (excluding diaryl/α,β-unsaturated/α-hetero) is 1. The van der Waals surface area contributed by atoms with Crippen molar-refractivity contribution in [3.05, 3.63) is 102 Å². The second-order valence-corrected chi connectivity index (χ2v) is 17.6. The Bertz CT molecular complexity index is 1400. The second-order valence-electron chi connectivity index (χ2n) is 14.3. The lowest BCUT2D eigenvalue weighted by Crippen LogP contribution is -2.71. The first-order valence-electron chi connectivity index (χ1n) is 16.5. The standard InChI is InChI=1S/C39H46O3Si/c1-27-25-36(41)28(2)33-20-19-32-34-21-22-37(38(34,3)24-23-35(32)39(27,33)26-40)42-43(29-13-7-4-8-14-29,30-15-9-5-10-16-30)31-17-11-6-12-18-31/h4-18,27,32,34-35,37,40H,19-26H2,1-3H3/t27-,32-,34-,35-,37-,38-,39-/m0/s1. The molecule has 3 saturated carbocycles. The van der Waals surface area contributed by atoms with E-state index in [1.807, 2.05) is 6.92 Å². The average molecular weight is 591 g/mol. The van der Waals surface area contributed by atoms with Gasteiger partial charge in [-0.05, 0) is 95.7 Å². The Morgan fingerprint density at radius 3 is 1.91 bits per heavy atom. The number of fused-ring (bicyclic) bond motifs is 5. The van der Waals surface area contributed by atoms with Crippen LogP contribution in [0.25, 0.3) is 0 Å². The summed E-state index contributed by atoms with van der Waals surface area (Å²) in [6, 6.07) is 33.0. The fourth-order valence-electron chi connectivity index (χ4n) is 10.5. The first kappa shape index (κ1) is 28.9. The van der Waals surface area contributed by atoms with Crippen molar-refractivity contribution in [3.63, 3.8) is 0 Å². The van der Waals surface area contributed by atoms with E-state index < -0.39 is 8.32 Å². The zero-order chi connectivity index (χ0) is 29.8. The molecule has 0 aliphatic heterocycles. The molecule has 3 aromatic rings. The van der Waals surface area contributed by atoms with Crippen LogP contribution in [0.1, 0.15) is 65.7 Å². The van der Waals surface area contributed by atoms with Crippen molar-refractivity contribution in [3.8, 4) is 0 Å². The summed E-state index contributed by atoms with van der Waals surface area (Å²) in [5, 5.41) is 15.0. The van der Waals surface area contributed by atoms with Crippen LogP contribution < -0.4 is 15.6 Å². The Labute approximate surface area is 258 Å². The van der Waals surface area contributed by atoms with Crippen molar-refractivity contribution in [2.75, 3.05) is 6.61 Å². The molecule has 224 valence electrons. The van der Waals surface area contributed by atoms with Crippen molar-refractivity contribution in [2.45, 2.75) is 71.8 Å². The predicted octanol–water partition coefficient (Wildman–Crippen LogP) is 6.18. The van der Waals surface area contributed by atoms with Gasteiger partial charge >= 0.3 is 0 Å². The molecular formula is C39H46O3Si. The molecule has 0 bridgehead atoms. The summed E-state index contributed by atoms with van der Waals surface area (Å²) in [5.74, 6) is 2.07. The lowest BCUT2D eigenvalue weighted by molar-refractivity contribution is -0.127. The topological polar surface area (TPSA) is 46.5 Å². The maximum Gasteiger partial charge on any atom is 0.288 e. The molecule has 4 aliphatic rings. The minimum Gasteiger partial charge on any atom is -0.401 e. The van der Waals surface area contributed by atoms with Crippen LogP contribution in [0.2, 0.25) is 0 Å². The summed E-state index contributed by atoms with van der Waals surface area (Å²) in [4.78, 5) is 12.9.